The third-order valence-corrected chi connectivity index (χ3v) is 8.40. The number of anilines is 1. The summed E-state index contributed by atoms with van der Waals surface area (Å²) in [4.78, 5) is 36.0. The van der Waals surface area contributed by atoms with Gasteiger partial charge in [-0.15, -0.1) is 11.3 Å². The highest BCUT2D eigenvalue weighted by molar-refractivity contribution is 7.22. The molecule has 0 atom stereocenters. The average Bonchev–Trinajstić information content (AvgIpc) is 3.78. The molecule has 1 saturated heterocycles. The number of carbonyl (C=O) groups is 2. The molecule has 45 heavy (non-hydrogen) atoms. The Hall–Kier alpha value is -4.13. The van der Waals surface area contributed by atoms with Gasteiger partial charge in [-0.1, -0.05) is 19.9 Å². The van der Waals surface area contributed by atoms with E-state index in [9.17, 15) is 14.0 Å². The van der Waals surface area contributed by atoms with Gasteiger partial charge >= 0.3 is 0 Å². The molecule has 2 aliphatic rings. The monoisotopic (exact) mass is 635 g/mol. The number of hydrogen-bond donors (Lipinski definition) is 3. The third kappa shape index (κ3) is 9.43. The van der Waals surface area contributed by atoms with Crippen LogP contribution in [-0.2, 0) is 16.1 Å². The van der Waals surface area contributed by atoms with Gasteiger partial charge in [0, 0.05) is 76.0 Å². The Kier molecular flexibility index (Phi) is 12.6. The molecular weight excluding hydrogens is 593 g/mol. The maximum absolute atomic E-state index is 14.5. The Balaban J connectivity index is 0.000000509. The number of pyridine rings is 2. The van der Waals surface area contributed by atoms with Crippen LogP contribution in [0.4, 0.5) is 10.1 Å². The molecule has 2 amide bonds. The highest BCUT2D eigenvalue weighted by atomic mass is 32.1. The Bertz CT molecular complexity index is 1540. The molecule has 0 bridgehead atoms. The fourth-order valence-electron chi connectivity index (χ4n) is 4.67. The predicted molar refractivity (Wildman–Crippen MR) is 178 cm³/mol. The van der Waals surface area contributed by atoms with Crippen LogP contribution in [0.2, 0.25) is 0 Å². The maximum Gasteiger partial charge on any atom is 0.236 e. The number of nitrogens with one attached hydrogen (secondary N) is 3. The van der Waals surface area contributed by atoms with Gasteiger partial charge in [0.2, 0.25) is 12.3 Å². The van der Waals surface area contributed by atoms with Gasteiger partial charge in [-0.3, -0.25) is 24.5 Å². The zero-order chi connectivity index (χ0) is 32.2. The highest BCUT2D eigenvalue weighted by Gasteiger charge is 2.21. The van der Waals surface area contributed by atoms with Crippen molar-refractivity contribution in [1.82, 2.24) is 30.4 Å². The number of amides is 2. The van der Waals surface area contributed by atoms with E-state index in [1.165, 1.54) is 30.2 Å². The van der Waals surface area contributed by atoms with Crippen molar-refractivity contribution in [1.29, 1.82) is 0 Å². The number of nitrogens with zero attached hydrogens (tertiary/aromatic N) is 4. The number of rotatable bonds is 10. The molecule has 1 aromatic carbocycles. The Morgan fingerprint density at radius 3 is 2.42 bits per heavy atom. The summed E-state index contributed by atoms with van der Waals surface area (Å²) in [5, 5.41) is 8.48. The molecule has 4 heterocycles. The predicted octanol–water partition coefficient (Wildman–Crippen LogP) is 5.12. The minimum Gasteiger partial charge on any atom is -0.453 e. The average molecular weight is 636 g/mol. The van der Waals surface area contributed by atoms with Gasteiger partial charge in [-0.05, 0) is 49.7 Å². The van der Waals surface area contributed by atoms with E-state index in [0.29, 0.717) is 24.0 Å². The first kappa shape index (κ1) is 33.8. The lowest BCUT2D eigenvalue weighted by molar-refractivity contribution is -0.131. The molecule has 1 aliphatic heterocycles. The minimum absolute atomic E-state index is 0.149. The lowest BCUT2D eigenvalue weighted by Crippen LogP contribution is -2.50. The summed E-state index contributed by atoms with van der Waals surface area (Å²) in [5.74, 6) is 0.436. The molecule has 3 N–H and O–H groups in total. The molecule has 2 fully saturated rings. The summed E-state index contributed by atoms with van der Waals surface area (Å²) in [6.45, 7) is 8.36. The van der Waals surface area contributed by atoms with E-state index >= 15 is 0 Å². The standard InChI is InChI=1S/C27H29FN6O2S.C4H7NO.C2H6/c1-29-16-26(35)34-11-9-33(10-12-34)17-18-3-5-21(32-15-18)25-14-22-27(37-25)24(7-8-31-22)36-23-6-4-19(30-2)13-20(23)28;6-3-5-4-1-2-4;1-2/h3-8,13-15,29-30H,9-12,16-17H2,1-2H3;3-4H,1-2H2,(H,5,6);1-2H3. The topological polar surface area (TPSA) is 112 Å². The molecule has 0 unspecified atom stereocenters. The lowest BCUT2D eigenvalue weighted by Gasteiger charge is -2.34. The van der Waals surface area contributed by atoms with E-state index in [0.717, 1.165) is 65.5 Å². The number of benzene rings is 1. The van der Waals surface area contributed by atoms with Gasteiger partial charge in [-0.2, -0.15) is 0 Å². The molecule has 240 valence electrons. The van der Waals surface area contributed by atoms with Gasteiger partial charge < -0.3 is 25.6 Å². The number of fused-ring (bicyclic) bond motifs is 1. The highest BCUT2D eigenvalue weighted by Crippen LogP contribution is 2.39. The van der Waals surface area contributed by atoms with Crippen molar-refractivity contribution in [2.45, 2.75) is 39.3 Å². The summed E-state index contributed by atoms with van der Waals surface area (Å²) < 4.78 is 21.2. The van der Waals surface area contributed by atoms with Crippen LogP contribution >= 0.6 is 11.3 Å². The molecule has 1 aliphatic carbocycles. The fourth-order valence-corrected chi connectivity index (χ4v) is 5.71. The van der Waals surface area contributed by atoms with Crippen LogP contribution in [0.15, 0.2) is 54.9 Å². The SMILES string of the molecule is CC.CNCC(=O)N1CCN(Cc2ccc(-c3cc4nccc(Oc5ccc(NC)cc5F)c4s3)nc2)CC1.O=CNC1CC1. The number of aromatic nitrogens is 2. The summed E-state index contributed by atoms with van der Waals surface area (Å²) in [7, 11) is 3.53. The number of ether oxygens (including phenoxy) is 1. The summed E-state index contributed by atoms with van der Waals surface area (Å²) >= 11 is 1.52. The maximum atomic E-state index is 14.5. The molecule has 0 radical (unpaired) electrons. The molecule has 1 saturated carbocycles. The van der Waals surface area contributed by atoms with Crippen LogP contribution in [0.5, 0.6) is 11.5 Å². The second-order valence-corrected chi connectivity index (χ2v) is 11.5. The quantitative estimate of drug-likeness (QED) is 0.206. The number of halogens is 1. The van der Waals surface area contributed by atoms with Crippen LogP contribution < -0.4 is 20.7 Å². The zero-order valence-corrected chi connectivity index (χ0v) is 27.1. The number of piperazine rings is 1. The first-order valence-electron chi connectivity index (χ1n) is 15.3. The second-order valence-electron chi connectivity index (χ2n) is 10.4. The molecule has 3 aromatic heterocycles. The van der Waals surface area contributed by atoms with Gasteiger partial charge in [0.25, 0.3) is 0 Å². The molecular formula is C33H42FN7O3S. The van der Waals surface area contributed by atoms with Crippen molar-refractivity contribution >= 4 is 39.6 Å². The van der Waals surface area contributed by atoms with Crippen molar-refractivity contribution in [2.75, 3.05) is 52.1 Å². The molecule has 10 nitrogen and oxygen atoms in total. The second kappa shape index (κ2) is 16.8. The largest absolute Gasteiger partial charge is 0.453 e. The van der Waals surface area contributed by atoms with E-state index in [1.807, 2.05) is 37.1 Å². The molecule has 4 aromatic rings. The van der Waals surface area contributed by atoms with E-state index < -0.39 is 5.82 Å². The molecule has 6 rings (SSSR count). The Morgan fingerprint density at radius 1 is 1.04 bits per heavy atom. The van der Waals surface area contributed by atoms with Crippen molar-refractivity contribution in [3.8, 4) is 22.1 Å². The molecule has 12 heteroatoms. The minimum atomic E-state index is -0.433. The van der Waals surface area contributed by atoms with Crippen LogP contribution in [0.3, 0.4) is 0 Å². The fraction of sp³-hybridized carbons (Fsp3) is 0.394. The van der Waals surface area contributed by atoms with Crippen LogP contribution in [-0.4, -0.2) is 84.9 Å². The smallest absolute Gasteiger partial charge is 0.236 e. The normalized spacial score (nSPS) is 14.5. The van der Waals surface area contributed by atoms with Crippen molar-refractivity contribution in [2.24, 2.45) is 0 Å². The number of hydrogen-bond acceptors (Lipinski definition) is 9. The Labute approximate surface area is 268 Å². The van der Waals surface area contributed by atoms with Crippen molar-refractivity contribution < 1.29 is 18.7 Å². The number of thiophene rings is 1. The van der Waals surface area contributed by atoms with Gasteiger partial charge in [-0.25, -0.2) is 4.39 Å². The molecule has 0 spiro atoms. The lowest BCUT2D eigenvalue weighted by atomic mass is 10.2. The van der Waals surface area contributed by atoms with Gasteiger partial charge in [0.05, 0.1) is 27.3 Å². The Morgan fingerprint density at radius 2 is 1.82 bits per heavy atom. The first-order valence-corrected chi connectivity index (χ1v) is 16.1. The summed E-state index contributed by atoms with van der Waals surface area (Å²) in [5.41, 5.74) is 3.44. The summed E-state index contributed by atoms with van der Waals surface area (Å²) in [6, 6.07) is 13.2. The van der Waals surface area contributed by atoms with E-state index in [-0.39, 0.29) is 11.7 Å². The van der Waals surface area contributed by atoms with E-state index in [1.54, 1.807) is 38.5 Å². The first-order chi connectivity index (χ1) is 22.0. The van der Waals surface area contributed by atoms with Crippen LogP contribution in [0.25, 0.3) is 20.8 Å². The number of likely N-dealkylation sites (N-methyl/N-ethyl adjacent to an activating group) is 1. The van der Waals surface area contributed by atoms with Gasteiger partial charge in [0.1, 0.15) is 5.75 Å². The summed E-state index contributed by atoms with van der Waals surface area (Å²) in [6.07, 6.45) is 6.69. The zero-order valence-electron chi connectivity index (χ0n) is 26.3. The third-order valence-electron chi connectivity index (χ3n) is 7.23. The van der Waals surface area contributed by atoms with E-state index in [2.05, 4.69) is 31.9 Å². The van der Waals surface area contributed by atoms with Crippen molar-refractivity contribution in [3.05, 3.63) is 66.2 Å². The van der Waals surface area contributed by atoms with Crippen LogP contribution in [0, 0.1) is 5.82 Å². The van der Waals surface area contributed by atoms with Crippen LogP contribution in [0.1, 0.15) is 32.3 Å². The van der Waals surface area contributed by atoms with Gasteiger partial charge in [0.15, 0.2) is 11.6 Å². The number of carbonyl (C=O) groups excluding carboxylic acids is 2. The van der Waals surface area contributed by atoms with E-state index in [4.69, 9.17) is 9.72 Å². The van der Waals surface area contributed by atoms with Crippen molar-refractivity contribution in [3.63, 3.8) is 0 Å².